The summed E-state index contributed by atoms with van der Waals surface area (Å²) in [5, 5.41) is 17.5. The van der Waals surface area contributed by atoms with Gasteiger partial charge in [0.25, 0.3) is 5.91 Å². The minimum Gasteiger partial charge on any atom is -0.484 e. The van der Waals surface area contributed by atoms with Gasteiger partial charge in [-0.2, -0.15) is 23.3 Å². The standard InChI is InChI=1S/C22H22F3N7O2/c1-12(2)27-19(33)11-34-15-5-6-16(17(9-15)22(23,24)25)20-29-21(32(3)31-20)28-14-4-7-18-13(8-14)10-26-30-18/h4-10,12H,11H2,1-3H3,(H,26,30)(H,27,33)(H,28,29,31). The highest BCUT2D eigenvalue weighted by atomic mass is 19.4. The zero-order chi connectivity index (χ0) is 24.5. The first-order valence-corrected chi connectivity index (χ1v) is 10.3. The molecular formula is C22H22F3N7O2. The van der Waals surface area contributed by atoms with Gasteiger partial charge >= 0.3 is 6.18 Å². The molecule has 0 bridgehead atoms. The highest BCUT2D eigenvalue weighted by Crippen LogP contribution is 2.38. The molecule has 0 spiro atoms. The van der Waals surface area contributed by atoms with Crippen molar-refractivity contribution < 1.29 is 22.7 Å². The molecule has 0 aliphatic carbocycles. The van der Waals surface area contributed by atoms with Crippen LogP contribution in [0, 0.1) is 0 Å². The molecule has 4 rings (SSSR count). The van der Waals surface area contributed by atoms with Crippen molar-refractivity contribution in [2.45, 2.75) is 26.1 Å². The molecule has 4 aromatic rings. The second-order valence-corrected chi connectivity index (χ2v) is 7.90. The van der Waals surface area contributed by atoms with Crippen molar-refractivity contribution >= 4 is 28.4 Å². The first kappa shape index (κ1) is 23.1. The molecule has 0 saturated heterocycles. The fourth-order valence-electron chi connectivity index (χ4n) is 3.31. The zero-order valence-electron chi connectivity index (χ0n) is 18.6. The molecule has 2 aromatic heterocycles. The Kier molecular flexibility index (Phi) is 6.14. The van der Waals surface area contributed by atoms with Crippen molar-refractivity contribution in [3.63, 3.8) is 0 Å². The number of aromatic amines is 1. The molecule has 0 unspecified atom stereocenters. The number of aryl methyl sites for hydroxylation is 1. The van der Waals surface area contributed by atoms with E-state index >= 15 is 0 Å². The summed E-state index contributed by atoms with van der Waals surface area (Å²) < 4.78 is 48.1. The van der Waals surface area contributed by atoms with E-state index in [1.165, 1.54) is 16.8 Å². The molecule has 0 aliphatic rings. The van der Waals surface area contributed by atoms with E-state index in [-0.39, 0.29) is 29.1 Å². The van der Waals surface area contributed by atoms with Gasteiger partial charge < -0.3 is 15.4 Å². The molecule has 12 heteroatoms. The van der Waals surface area contributed by atoms with Crippen LogP contribution in [-0.2, 0) is 18.0 Å². The Morgan fingerprint density at radius 2 is 2.00 bits per heavy atom. The van der Waals surface area contributed by atoms with Crippen molar-refractivity contribution in [1.82, 2.24) is 30.3 Å². The van der Waals surface area contributed by atoms with Gasteiger partial charge in [0.1, 0.15) is 5.75 Å². The number of rotatable bonds is 7. The minimum absolute atomic E-state index is 0.0855. The summed E-state index contributed by atoms with van der Waals surface area (Å²) in [4.78, 5) is 16.0. The number of hydrogen-bond acceptors (Lipinski definition) is 6. The Hall–Kier alpha value is -4.09. The maximum Gasteiger partial charge on any atom is 0.417 e. The summed E-state index contributed by atoms with van der Waals surface area (Å²) in [6.07, 6.45) is -3.03. The van der Waals surface area contributed by atoms with E-state index in [9.17, 15) is 18.0 Å². The molecule has 0 aliphatic heterocycles. The van der Waals surface area contributed by atoms with Crippen molar-refractivity contribution in [2.75, 3.05) is 11.9 Å². The largest absolute Gasteiger partial charge is 0.484 e. The summed E-state index contributed by atoms with van der Waals surface area (Å²) in [7, 11) is 1.58. The monoisotopic (exact) mass is 473 g/mol. The number of aromatic nitrogens is 5. The second-order valence-electron chi connectivity index (χ2n) is 7.90. The van der Waals surface area contributed by atoms with Crippen LogP contribution in [-0.4, -0.2) is 43.5 Å². The Morgan fingerprint density at radius 1 is 1.21 bits per heavy atom. The zero-order valence-corrected chi connectivity index (χ0v) is 18.6. The SMILES string of the molecule is CC(C)NC(=O)COc1ccc(-c2nc(Nc3ccc4[nH]ncc4c3)n(C)n2)c(C(F)(F)F)c1. The fourth-order valence-corrected chi connectivity index (χ4v) is 3.31. The van der Waals surface area contributed by atoms with Gasteiger partial charge in [-0.25, -0.2) is 4.68 Å². The number of anilines is 2. The first-order valence-electron chi connectivity index (χ1n) is 10.3. The van der Waals surface area contributed by atoms with Crippen molar-refractivity contribution in [3.05, 3.63) is 48.2 Å². The number of hydrogen-bond donors (Lipinski definition) is 3. The fraction of sp³-hybridized carbons (Fsp3) is 0.273. The summed E-state index contributed by atoms with van der Waals surface area (Å²) in [5.41, 5.74) is 0.352. The van der Waals surface area contributed by atoms with Crippen LogP contribution in [0.2, 0.25) is 0 Å². The lowest BCUT2D eigenvalue weighted by Crippen LogP contribution is -2.34. The van der Waals surface area contributed by atoms with Crippen LogP contribution in [0.4, 0.5) is 24.8 Å². The molecule has 0 radical (unpaired) electrons. The average Bonchev–Trinajstić information content (AvgIpc) is 3.37. The number of amides is 1. The number of nitrogens with zero attached hydrogens (tertiary/aromatic N) is 4. The quantitative estimate of drug-likeness (QED) is 0.374. The van der Waals surface area contributed by atoms with E-state index in [0.717, 1.165) is 17.0 Å². The average molecular weight is 473 g/mol. The molecule has 34 heavy (non-hydrogen) atoms. The summed E-state index contributed by atoms with van der Waals surface area (Å²) in [6, 6.07) is 8.76. The van der Waals surface area contributed by atoms with Crippen LogP contribution in [0.1, 0.15) is 19.4 Å². The third-order valence-electron chi connectivity index (χ3n) is 4.82. The molecule has 178 valence electrons. The van der Waals surface area contributed by atoms with Crippen LogP contribution in [0.25, 0.3) is 22.3 Å². The van der Waals surface area contributed by atoms with Crippen molar-refractivity contribution in [2.24, 2.45) is 7.05 Å². The smallest absolute Gasteiger partial charge is 0.417 e. The van der Waals surface area contributed by atoms with E-state index in [4.69, 9.17) is 4.74 Å². The van der Waals surface area contributed by atoms with Crippen molar-refractivity contribution in [3.8, 4) is 17.1 Å². The molecule has 0 fully saturated rings. The summed E-state index contributed by atoms with van der Waals surface area (Å²) >= 11 is 0. The molecule has 1 amide bonds. The van der Waals surface area contributed by atoms with Gasteiger partial charge in [0.15, 0.2) is 12.4 Å². The molecule has 0 atom stereocenters. The molecule has 0 saturated carbocycles. The Balaban J connectivity index is 1.59. The normalized spacial score (nSPS) is 11.7. The topological polar surface area (TPSA) is 110 Å². The highest BCUT2D eigenvalue weighted by molar-refractivity contribution is 5.82. The number of alkyl halides is 3. The predicted octanol–water partition coefficient (Wildman–Crippen LogP) is 4.02. The number of carbonyl (C=O) groups excluding carboxylic acids is 1. The van der Waals surface area contributed by atoms with Crippen LogP contribution in [0.15, 0.2) is 42.6 Å². The lowest BCUT2D eigenvalue weighted by atomic mass is 10.1. The van der Waals surface area contributed by atoms with Crippen molar-refractivity contribution in [1.29, 1.82) is 0 Å². The first-order chi connectivity index (χ1) is 16.1. The predicted molar refractivity (Wildman–Crippen MR) is 120 cm³/mol. The minimum atomic E-state index is -4.69. The Labute approximate surface area is 192 Å². The lowest BCUT2D eigenvalue weighted by Gasteiger charge is -2.14. The van der Waals surface area contributed by atoms with Gasteiger partial charge in [0, 0.05) is 29.7 Å². The third-order valence-corrected chi connectivity index (χ3v) is 4.82. The number of carbonyl (C=O) groups is 1. The molecular weight excluding hydrogens is 451 g/mol. The van der Waals surface area contributed by atoms with E-state index < -0.39 is 24.3 Å². The van der Waals surface area contributed by atoms with Gasteiger partial charge in [0.05, 0.1) is 17.3 Å². The number of fused-ring (bicyclic) bond motifs is 1. The van der Waals surface area contributed by atoms with Crippen LogP contribution < -0.4 is 15.4 Å². The van der Waals surface area contributed by atoms with E-state index in [1.807, 2.05) is 12.1 Å². The van der Waals surface area contributed by atoms with E-state index in [1.54, 1.807) is 33.2 Å². The molecule has 2 heterocycles. The third kappa shape index (κ3) is 5.11. The van der Waals surface area contributed by atoms with Crippen LogP contribution in [0.5, 0.6) is 5.75 Å². The Morgan fingerprint density at radius 3 is 2.74 bits per heavy atom. The van der Waals surface area contributed by atoms with Gasteiger partial charge in [0.2, 0.25) is 5.95 Å². The Bertz CT molecular complexity index is 1330. The number of benzene rings is 2. The van der Waals surface area contributed by atoms with Crippen LogP contribution >= 0.6 is 0 Å². The van der Waals surface area contributed by atoms with E-state index in [2.05, 4.69) is 30.9 Å². The number of ether oxygens (including phenoxy) is 1. The number of nitrogens with one attached hydrogen (secondary N) is 3. The van der Waals surface area contributed by atoms with Gasteiger partial charge in [-0.05, 0) is 50.2 Å². The molecule has 2 aromatic carbocycles. The lowest BCUT2D eigenvalue weighted by molar-refractivity contribution is -0.137. The second kappa shape index (κ2) is 9.04. The van der Waals surface area contributed by atoms with E-state index in [0.29, 0.717) is 5.69 Å². The van der Waals surface area contributed by atoms with Crippen LogP contribution in [0.3, 0.4) is 0 Å². The number of halogens is 3. The van der Waals surface area contributed by atoms with Gasteiger partial charge in [-0.15, -0.1) is 5.10 Å². The number of H-pyrrole nitrogens is 1. The summed E-state index contributed by atoms with van der Waals surface area (Å²) in [6.45, 7) is 3.15. The summed E-state index contributed by atoms with van der Waals surface area (Å²) in [5.74, 6) is -0.358. The molecule has 3 N–H and O–H groups in total. The highest BCUT2D eigenvalue weighted by Gasteiger charge is 2.35. The van der Waals surface area contributed by atoms with Gasteiger partial charge in [-0.3, -0.25) is 9.89 Å². The molecule has 9 nitrogen and oxygen atoms in total. The maximum atomic E-state index is 13.8. The van der Waals surface area contributed by atoms with Gasteiger partial charge in [-0.1, -0.05) is 0 Å². The maximum absolute atomic E-state index is 13.8.